The second kappa shape index (κ2) is 4.99. The summed E-state index contributed by atoms with van der Waals surface area (Å²) in [7, 11) is 1.97. The number of nitrogens with one attached hydrogen (secondary N) is 1. The van der Waals surface area contributed by atoms with Gasteiger partial charge in [0, 0.05) is 24.8 Å². The van der Waals surface area contributed by atoms with E-state index in [0.717, 1.165) is 19.5 Å². The fraction of sp³-hybridized carbons (Fsp3) is 0.286. The molecule has 0 aliphatic heterocycles. The molecule has 0 radical (unpaired) electrons. The maximum Gasteiger partial charge on any atom is 0.0483 e. The molecule has 0 fully saturated rings. The van der Waals surface area contributed by atoms with E-state index in [9.17, 15) is 0 Å². The van der Waals surface area contributed by atoms with E-state index in [1.165, 1.54) is 16.5 Å². The summed E-state index contributed by atoms with van der Waals surface area (Å²) in [6.45, 7) is 5.69. The molecule has 0 saturated carbocycles. The molecule has 0 aliphatic carbocycles. The van der Waals surface area contributed by atoms with Crippen molar-refractivity contribution >= 4 is 10.9 Å². The van der Waals surface area contributed by atoms with Gasteiger partial charge in [0.05, 0.1) is 0 Å². The van der Waals surface area contributed by atoms with Crippen LogP contribution in [0.1, 0.15) is 12.0 Å². The van der Waals surface area contributed by atoms with Gasteiger partial charge in [0.25, 0.3) is 0 Å². The van der Waals surface area contributed by atoms with Crippen molar-refractivity contribution in [2.24, 2.45) is 0 Å². The molecule has 1 N–H and O–H groups in total. The number of rotatable bonds is 5. The zero-order chi connectivity index (χ0) is 11.4. The van der Waals surface area contributed by atoms with Gasteiger partial charge in [-0.05, 0) is 36.6 Å². The quantitative estimate of drug-likeness (QED) is 0.757. The highest BCUT2D eigenvalue weighted by Gasteiger charge is 2.01. The Kier molecular flexibility index (Phi) is 3.42. The standard InChI is InChI=1S/C14H18N2/c1-3-4-8-16-9-7-13-6-5-12(11-15-2)10-14(13)16/h3,5-7,9-10,15H,1,4,8,11H2,2H3. The van der Waals surface area contributed by atoms with Crippen LogP contribution in [0.3, 0.4) is 0 Å². The first kappa shape index (κ1) is 11.0. The number of hydrogen-bond acceptors (Lipinski definition) is 1. The summed E-state index contributed by atoms with van der Waals surface area (Å²) >= 11 is 0. The van der Waals surface area contributed by atoms with Crippen molar-refractivity contribution in [3.63, 3.8) is 0 Å². The van der Waals surface area contributed by atoms with Gasteiger partial charge in [-0.1, -0.05) is 18.2 Å². The summed E-state index contributed by atoms with van der Waals surface area (Å²) in [6, 6.07) is 8.79. The van der Waals surface area contributed by atoms with Crippen molar-refractivity contribution in [3.05, 3.63) is 48.7 Å². The molecule has 2 heteroatoms. The largest absolute Gasteiger partial charge is 0.347 e. The molecule has 1 aromatic heterocycles. The van der Waals surface area contributed by atoms with Gasteiger partial charge in [0.2, 0.25) is 0 Å². The summed E-state index contributed by atoms with van der Waals surface area (Å²) < 4.78 is 2.29. The third-order valence-corrected chi connectivity index (χ3v) is 2.79. The number of aromatic nitrogens is 1. The van der Waals surface area contributed by atoms with E-state index in [1.807, 2.05) is 13.1 Å². The van der Waals surface area contributed by atoms with E-state index in [1.54, 1.807) is 0 Å². The molecule has 2 rings (SSSR count). The Morgan fingerprint density at radius 3 is 3.00 bits per heavy atom. The van der Waals surface area contributed by atoms with Gasteiger partial charge in [0.1, 0.15) is 0 Å². The lowest BCUT2D eigenvalue weighted by Crippen LogP contribution is -2.05. The Hall–Kier alpha value is -1.54. The van der Waals surface area contributed by atoms with Gasteiger partial charge in [-0.15, -0.1) is 6.58 Å². The Morgan fingerprint density at radius 2 is 2.25 bits per heavy atom. The lowest BCUT2D eigenvalue weighted by atomic mass is 10.1. The van der Waals surface area contributed by atoms with E-state index in [-0.39, 0.29) is 0 Å². The van der Waals surface area contributed by atoms with Gasteiger partial charge in [0.15, 0.2) is 0 Å². The highest BCUT2D eigenvalue weighted by Crippen LogP contribution is 2.18. The van der Waals surface area contributed by atoms with E-state index >= 15 is 0 Å². The Balaban J connectivity index is 2.35. The lowest BCUT2D eigenvalue weighted by Gasteiger charge is -2.05. The molecule has 0 bridgehead atoms. The number of allylic oxidation sites excluding steroid dienone is 1. The Labute approximate surface area is 96.6 Å². The van der Waals surface area contributed by atoms with Crippen LogP contribution in [0.5, 0.6) is 0 Å². The number of benzene rings is 1. The number of nitrogens with zero attached hydrogens (tertiary/aromatic N) is 1. The van der Waals surface area contributed by atoms with Crippen LogP contribution in [0.4, 0.5) is 0 Å². The maximum absolute atomic E-state index is 3.76. The third-order valence-electron chi connectivity index (χ3n) is 2.79. The molecule has 0 saturated heterocycles. The average Bonchev–Trinajstić information content (AvgIpc) is 2.69. The van der Waals surface area contributed by atoms with E-state index in [0.29, 0.717) is 0 Å². The smallest absolute Gasteiger partial charge is 0.0483 e. The first-order valence-electron chi connectivity index (χ1n) is 5.68. The molecule has 0 unspecified atom stereocenters. The van der Waals surface area contributed by atoms with Crippen LogP contribution in [-0.2, 0) is 13.1 Å². The van der Waals surface area contributed by atoms with E-state index in [4.69, 9.17) is 0 Å². The first-order chi connectivity index (χ1) is 7.85. The second-order valence-electron chi connectivity index (χ2n) is 4.01. The van der Waals surface area contributed by atoms with Gasteiger partial charge in [-0.3, -0.25) is 0 Å². The maximum atomic E-state index is 3.76. The molecular weight excluding hydrogens is 196 g/mol. The average molecular weight is 214 g/mol. The van der Waals surface area contributed by atoms with Crippen molar-refractivity contribution in [1.82, 2.24) is 9.88 Å². The predicted molar refractivity (Wildman–Crippen MR) is 69.5 cm³/mol. The van der Waals surface area contributed by atoms with Crippen LogP contribution in [-0.4, -0.2) is 11.6 Å². The van der Waals surface area contributed by atoms with Crippen molar-refractivity contribution < 1.29 is 0 Å². The monoisotopic (exact) mass is 214 g/mol. The minimum atomic E-state index is 0.919. The van der Waals surface area contributed by atoms with Crippen LogP contribution in [0.2, 0.25) is 0 Å². The lowest BCUT2D eigenvalue weighted by molar-refractivity contribution is 0.738. The minimum Gasteiger partial charge on any atom is -0.347 e. The fourth-order valence-electron chi connectivity index (χ4n) is 1.97. The van der Waals surface area contributed by atoms with Crippen molar-refractivity contribution in [2.45, 2.75) is 19.5 Å². The number of fused-ring (bicyclic) bond motifs is 1. The minimum absolute atomic E-state index is 0.919. The zero-order valence-corrected chi connectivity index (χ0v) is 9.74. The van der Waals surface area contributed by atoms with Crippen LogP contribution < -0.4 is 5.32 Å². The molecule has 2 aromatic rings. The topological polar surface area (TPSA) is 17.0 Å². The summed E-state index contributed by atoms with van der Waals surface area (Å²) in [5, 5.41) is 4.49. The molecule has 1 aromatic carbocycles. The van der Waals surface area contributed by atoms with Gasteiger partial charge < -0.3 is 9.88 Å². The first-order valence-corrected chi connectivity index (χ1v) is 5.68. The number of aryl methyl sites for hydroxylation is 1. The summed E-state index contributed by atoms with van der Waals surface area (Å²) in [6.07, 6.45) is 5.13. The summed E-state index contributed by atoms with van der Waals surface area (Å²) in [5.74, 6) is 0. The third kappa shape index (κ3) is 2.17. The van der Waals surface area contributed by atoms with Gasteiger partial charge >= 0.3 is 0 Å². The molecule has 0 spiro atoms. The molecule has 1 heterocycles. The molecule has 0 atom stereocenters. The van der Waals surface area contributed by atoms with E-state index in [2.05, 4.69) is 46.9 Å². The number of hydrogen-bond donors (Lipinski definition) is 1. The fourth-order valence-corrected chi connectivity index (χ4v) is 1.97. The predicted octanol–water partition coefficient (Wildman–Crippen LogP) is 2.94. The van der Waals surface area contributed by atoms with Crippen LogP contribution in [0.15, 0.2) is 43.1 Å². The Morgan fingerprint density at radius 1 is 1.38 bits per heavy atom. The molecule has 2 nitrogen and oxygen atoms in total. The van der Waals surface area contributed by atoms with Crippen molar-refractivity contribution in [1.29, 1.82) is 0 Å². The molecule has 16 heavy (non-hydrogen) atoms. The Bertz CT molecular complexity index is 482. The normalized spacial score (nSPS) is 10.8. The zero-order valence-electron chi connectivity index (χ0n) is 9.74. The highest BCUT2D eigenvalue weighted by atomic mass is 14.9. The van der Waals surface area contributed by atoms with Crippen LogP contribution >= 0.6 is 0 Å². The SMILES string of the molecule is C=CCCn1ccc2ccc(CNC)cc21. The second-order valence-corrected chi connectivity index (χ2v) is 4.01. The molecule has 0 amide bonds. The summed E-state index contributed by atoms with van der Waals surface area (Å²) in [5.41, 5.74) is 2.64. The van der Waals surface area contributed by atoms with E-state index < -0.39 is 0 Å². The highest BCUT2D eigenvalue weighted by molar-refractivity contribution is 5.80. The van der Waals surface area contributed by atoms with Crippen LogP contribution in [0, 0.1) is 0 Å². The van der Waals surface area contributed by atoms with Gasteiger partial charge in [-0.25, -0.2) is 0 Å². The van der Waals surface area contributed by atoms with Crippen LogP contribution in [0.25, 0.3) is 10.9 Å². The van der Waals surface area contributed by atoms with Crippen molar-refractivity contribution in [3.8, 4) is 0 Å². The van der Waals surface area contributed by atoms with Gasteiger partial charge in [-0.2, -0.15) is 0 Å². The molecular formula is C14H18N2. The molecule has 0 aliphatic rings. The van der Waals surface area contributed by atoms with Crippen molar-refractivity contribution in [2.75, 3.05) is 7.05 Å². The molecule has 84 valence electrons. The summed E-state index contributed by atoms with van der Waals surface area (Å²) in [4.78, 5) is 0.